The van der Waals surface area contributed by atoms with Gasteiger partial charge < -0.3 is 10.0 Å². The first-order valence-corrected chi connectivity index (χ1v) is 8.22. The lowest BCUT2D eigenvalue weighted by Gasteiger charge is -2.30. The Morgan fingerprint density at radius 1 is 1.29 bits per heavy atom. The molecular weight excluding hydrogens is 290 g/mol. The number of carbonyl (C=O) groups is 2. The van der Waals surface area contributed by atoms with E-state index in [4.69, 9.17) is 5.11 Å². The van der Waals surface area contributed by atoms with Gasteiger partial charge in [0, 0.05) is 18.0 Å². The normalized spacial score (nSPS) is 21.7. The molecule has 0 aromatic carbocycles. The van der Waals surface area contributed by atoms with E-state index in [-0.39, 0.29) is 12.6 Å². The molecule has 114 valence electrons. The van der Waals surface area contributed by atoms with E-state index in [9.17, 15) is 9.59 Å². The Morgan fingerprint density at radius 2 is 2.10 bits per heavy atom. The molecule has 7 heteroatoms. The fourth-order valence-electron chi connectivity index (χ4n) is 2.94. The van der Waals surface area contributed by atoms with Crippen molar-refractivity contribution in [1.29, 1.82) is 0 Å². The van der Waals surface area contributed by atoms with E-state index in [1.807, 2.05) is 0 Å². The van der Waals surface area contributed by atoms with Crippen molar-refractivity contribution in [2.75, 3.05) is 18.4 Å². The molecule has 1 aliphatic carbocycles. The van der Waals surface area contributed by atoms with Crippen molar-refractivity contribution in [3.8, 4) is 0 Å². The van der Waals surface area contributed by atoms with E-state index >= 15 is 0 Å². The molecule has 1 fully saturated rings. The van der Waals surface area contributed by atoms with Crippen molar-refractivity contribution in [2.24, 2.45) is 5.92 Å². The monoisotopic (exact) mass is 309 g/mol. The van der Waals surface area contributed by atoms with Crippen LogP contribution in [0.15, 0.2) is 0 Å². The van der Waals surface area contributed by atoms with Crippen LogP contribution < -0.4 is 5.32 Å². The highest BCUT2D eigenvalue weighted by Gasteiger charge is 2.28. The first-order chi connectivity index (χ1) is 10.1. The van der Waals surface area contributed by atoms with Gasteiger partial charge in [-0.2, -0.15) is 0 Å². The molecule has 1 aromatic heterocycles. The second-order valence-electron chi connectivity index (χ2n) is 5.65. The summed E-state index contributed by atoms with van der Waals surface area (Å²) in [6.07, 6.45) is 5.77. The van der Waals surface area contributed by atoms with E-state index in [0.29, 0.717) is 18.1 Å². The summed E-state index contributed by atoms with van der Waals surface area (Å²) in [5.74, 6) is -1.27. The topological polar surface area (TPSA) is 82.5 Å². The first-order valence-electron chi connectivity index (χ1n) is 7.41. The second kappa shape index (κ2) is 6.01. The van der Waals surface area contributed by atoms with Crippen LogP contribution in [0.3, 0.4) is 0 Å². The molecule has 1 atom stereocenters. The van der Waals surface area contributed by atoms with E-state index in [0.717, 1.165) is 31.4 Å². The number of nitrogens with zero attached hydrogens (tertiary/aromatic N) is 2. The van der Waals surface area contributed by atoms with Gasteiger partial charge in [-0.3, -0.25) is 10.1 Å². The molecule has 2 amide bonds. The summed E-state index contributed by atoms with van der Waals surface area (Å²) in [4.78, 5) is 30.6. The Hall–Kier alpha value is -1.63. The van der Waals surface area contributed by atoms with Crippen LogP contribution in [0.25, 0.3) is 0 Å². The SMILES string of the molecule is O=C(O)[C@@H]1CCCN(C(=O)Nc2nc3c(s2)CCCC3)C1. The number of carboxylic acid groups (broad SMARTS) is 1. The summed E-state index contributed by atoms with van der Waals surface area (Å²) in [6.45, 7) is 0.896. The Labute approximate surface area is 127 Å². The molecule has 0 spiro atoms. The number of aromatic nitrogens is 1. The van der Waals surface area contributed by atoms with Gasteiger partial charge >= 0.3 is 12.0 Å². The molecule has 0 saturated carbocycles. The summed E-state index contributed by atoms with van der Waals surface area (Å²) in [5, 5.41) is 12.5. The zero-order valence-corrected chi connectivity index (χ0v) is 12.6. The molecule has 2 heterocycles. The number of anilines is 1. The van der Waals surface area contributed by atoms with Gasteiger partial charge in [0.15, 0.2) is 5.13 Å². The number of carboxylic acids is 1. The van der Waals surface area contributed by atoms with Gasteiger partial charge in [-0.15, -0.1) is 11.3 Å². The van der Waals surface area contributed by atoms with Gasteiger partial charge in [0.25, 0.3) is 0 Å². The Morgan fingerprint density at radius 3 is 2.86 bits per heavy atom. The lowest BCUT2D eigenvalue weighted by molar-refractivity contribution is -0.143. The predicted octanol–water partition coefficient (Wildman–Crippen LogP) is 2.35. The van der Waals surface area contributed by atoms with Gasteiger partial charge in [0.2, 0.25) is 0 Å². The Bertz CT molecular complexity index is 534. The summed E-state index contributed by atoms with van der Waals surface area (Å²) in [6, 6.07) is -0.230. The van der Waals surface area contributed by atoms with Crippen molar-refractivity contribution in [3.05, 3.63) is 10.6 Å². The van der Waals surface area contributed by atoms with Crippen molar-refractivity contribution < 1.29 is 14.7 Å². The number of amides is 2. The molecule has 0 radical (unpaired) electrons. The van der Waals surface area contributed by atoms with Crippen LogP contribution in [0.2, 0.25) is 0 Å². The van der Waals surface area contributed by atoms with Gasteiger partial charge in [-0.1, -0.05) is 0 Å². The molecule has 0 bridgehead atoms. The lowest BCUT2D eigenvalue weighted by atomic mass is 9.99. The molecule has 3 rings (SSSR count). The van der Waals surface area contributed by atoms with Crippen LogP contribution in [0.4, 0.5) is 9.93 Å². The largest absolute Gasteiger partial charge is 0.481 e. The number of aliphatic carboxylic acids is 1. The zero-order valence-electron chi connectivity index (χ0n) is 11.8. The lowest BCUT2D eigenvalue weighted by Crippen LogP contribution is -2.44. The summed E-state index contributed by atoms with van der Waals surface area (Å²) in [7, 11) is 0. The van der Waals surface area contributed by atoms with Crippen LogP contribution in [-0.4, -0.2) is 40.1 Å². The number of hydrogen-bond acceptors (Lipinski definition) is 4. The number of hydrogen-bond donors (Lipinski definition) is 2. The fraction of sp³-hybridized carbons (Fsp3) is 0.643. The minimum Gasteiger partial charge on any atom is -0.481 e. The maximum Gasteiger partial charge on any atom is 0.323 e. The maximum atomic E-state index is 12.2. The highest BCUT2D eigenvalue weighted by Crippen LogP contribution is 2.30. The van der Waals surface area contributed by atoms with Crippen molar-refractivity contribution in [2.45, 2.75) is 38.5 Å². The first kappa shape index (κ1) is 14.3. The quantitative estimate of drug-likeness (QED) is 0.878. The third-order valence-corrected chi connectivity index (χ3v) is 5.19. The smallest absolute Gasteiger partial charge is 0.323 e. The predicted molar refractivity (Wildman–Crippen MR) is 79.7 cm³/mol. The van der Waals surface area contributed by atoms with E-state index < -0.39 is 11.9 Å². The molecular formula is C14H19N3O3S. The van der Waals surface area contributed by atoms with Crippen LogP contribution in [-0.2, 0) is 17.6 Å². The fourth-order valence-corrected chi connectivity index (χ4v) is 3.98. The van der Waals surface area contributed by atoms with Crippen molar-refractivity contribution >= 4 is 28.5 Å². The van der Waals surface area contributed by atoms with Crippen LogP contribution >= 0.6 is 11.3 Å². The third kappa shape index (κ3) is 3.18. The van der Waals surface area contributed by atoms with Crippen LogP contribution in [0.5, 0.6) is 0 Å². The number of carbonyl (C=O) groups excluding carboxylic acids is 1. The van der Waals surface area contributed by atoms with Gasteiger partial charge in [-0.25, -0.2) is 9.78 Å². The number of likely N-dealkylation sites (tertiary alicyclic amines) is 1. The molecule has 1 aliphatic heterocycles. The third-order valence-electron chi connectivity index (χ3n) is 4.12. The van der Waals surface area contributed by atoms with Crippen molar-refractivity contribution in [3.63, 3.8) is 0 Å². The molecule has 6 nitrogen and oxygen atoms in total. The molecule has 1 saturated heterocycles. The van der Waals surface area contributed by atoms with Gasteiger partial charge in [-0.05, 0) is 38.5 Å². The molecule has 21 heavy (non-hydrogen) atoms. The average Bonchev–Trinajstić information content (AvgIpc) is 2.89. The number of nitrogens with one attached hydrogen (secondary N) is 1. The summed E-state index contributed by atoms with van der Waals surface area (Å²) >= 11 is 1.55. The Balaban J connectivity index is 1.63. The van der Waals surface area contributed by atoms with E-state index in [1.54, 1.807) is 16.2 Å². The average molecular weight is 309 g/mol. The van der Waals surface area contributed by atoms with Crippen LogP contribution in [0, 0.1) is 5.92 Å². The van der Waals surface area contributed by atoms with E-state index in [1.165, 1.54) is 11.3 Å². The number of thiazole rings is 1. The summed E-state index contributed by atoms with van der Waals surface area (Å²) in [5.41, 5.74) is 1.11. The van der Waals surface area contributed by atoms with Gasteiger partial charge in [0.05, 0.1) is 11.6 Å². The van der Waals surface area contributed by atoms with Gasteiger partial charge in [0.1, 0.15) is 0 Å². The number of piperidine rings is 1. The highest BCUT2D eigenvalue weighted by atomic mass is 32.1. The number of urea groups is 1. The Kier molecular flexibility index (Phi) is 4.10. The highest BCUT2D eigenvalue weighted by molar-refractivity contribution is 7.15. The second-order valence-corrected chi connectivity index (χ2v) is 6.73. The number of aryl methyl sites for hydroxylation is 2. The molecule has 2 N–H and O–H groups in total. The van der Waals surface area contributed by atoms with E-state index in [2.05, 4.69) is 10.3 Å². The molecule has 0 unspecified atom stereocenters. The number of rotatable bonds is 2. The number of fused-ring (bicyclic) bond motifs is 1. The molecule has 1 aromatic rings. The summed E-state index contributed by atoms with van der Waals surface area (Å²) < 4.78 is 0. The molecule has 2 aliphatic rings. The van der Waals surface area contributed by atoms with Crippen LogP contribution in [0.1, 0.15) is 36.3 Å². The maximum absolute atomic E-state index is 12.2. The minimum absolute atomic E-state index is 0.230. The van der Waals surface area contributed by atoms with Crippen molar-refractivity contribution in [1.82, 2.24) is 9.88 Å². The standard InChI is InChI=1S/C14H19N3O3S/c18-12(19)9-4-3-7-17(8-9)14(20)16-13-15-10-5-1-2-6-11(10)21-13/h9H,1-8H2,(H,18,19)(H,15,16,20)/t9-/m1/s1. The zero-order chi connectivity index (χ0) is 14.8. The minimum atomic E-state index is -0.822.